The predicted molar refractivity (Wildman–Crippen MR) is 63.0 cm³/mol. The van der Waals surface area contributed by atoms with E-state index in [2.05, 4.69) is 22.5 Å². The highest BCUT2D eigenvalue weighted by atomic mass is 32.1. The minimum atomic E-state index is 0.621. The van der Waals surface area contributed by atoms with E-state index in [4.69, 9.17) is 4.74 Å². The first-order chi connectivity index (χ1) is 7.43. The lowest BCUT2D eigenvalue weighted by Gasteiger charge is -2.22. The molecule has 3 heteroatoms. The van der Waals surface area contributed by atoms with Gasteiger partial charge in [-0.05, 0) is 24.3 Å². The fourth-order valence-corrected chi connectivity index (χ4v) is 3.14. The zero-order valence-corrected chi connectivity index (χ0v) is 9.30. The van der Waals surface area contributed by atoms with Crippen LogP contribution in [0.3, 0.4) is 0 Å². The van der Waals surface area contributed by atoms with Crippen LogP contribution in [0.15, 0.2) is 28.2 Å². The molecule has 2 nitrogen and oxygen atoms in total. The minimum Gasteiger partial charge on any atom is -0.492 e. The topological polar surface area (TPSA) is 21.6 Å². The summed E-state index contributed by atoms with van der Waals surface area (Å²) in [6.07, 6.45) is 7.43. The molecule has 0 radical (unpaired) electrons. The molecule has 0 aliphatic carbocycles. The lowest BCUT2D eigenvalue weighted by molar-refractivity contribution is 0.270. The number of fused-ring (bicyclic) bond motifs is 1. The number of ether oxygens (including phenoxy) is 1. The van der Waals surface area contributed by atoms with Crippen molar-refractivity contribution in [3.05, 3.63) is 28.1 Å². The van der Waals surface area contributed by atoms with Crippen molar-refractivity contribution in [3.63, 3.8) is 0 Å². The van der Waals surface area contributed by atoms with Gasteiger partial charge < -0.3 is 4.74 Å². The van der Waals surface area contributed by atoms with Crippen LogP contribution < -0.4 is 4.74 Å². The fourth-order valence-electron chi connectivity index (χ4n) is 2.16. The minimum absolute atomic E-state index is 0.621. The molecule has 2 aliphatic heterocycles. The summed E-state index contributed by atoms with van der Waals surface area (Å²) >= 11 is 1.81. The number of allylic oxidation sites excluding steroid dienone is 2. The maximum Gasteiger partial charge on any atom is 0.133 e. The Bertz CT molecular complexity index is 419. The summed E-state index contributed by atoms with van der Waals surface area (Å²) in [5, 5.41) is 2.12. The van der Waals surface area contributed by atoms with E-state index in [1.54, 1.807) is 0 Å². The average molecular weight is 219 g/mol. The Morgan fingerprint density at radius 1 is 1.53 bits per heavy atom. The van der Waals surface area contributed by atoms with Gasteiger partial charge in [0, 0.05) is 24.3 Å². The van der Waals surface area contributed by atoms with E-state index < -0.39 is 0 Å². The molecule has 78 valence electrons. The van der Waals surface area contributed by atoms with Crippen molar-refractivity contribution in [2.24, 2.45) is 4.99 Å². The van der Waals surface area contributed by atoms with Crippen LogP contribution in [0.5, 0.6) is 5.75 Å². The average Bonchev–Trinajstić information content (AvgIpc) is 2.87. The van der Waals surface area contributed by atoms with Crippen LogP contribution in [0.2, 0.25) is 0 Å². The molecule has 1 atom stereocenters. The van der Waals surface area contributed by atoms with Crippen molar-refractivity contribution in [1.29, 1.82) is 0 Å². The Labute approximate surface area is 93.3 Å². The van der Waals surface area contributed by atoms with Gasteiger partial charge in [-0.2, -0.15) is 0 Å². The number of rotatable bonds is 2. The number of nitrogens with zero attached hydrogens (tertiary/aromatic N) is 1. The van der Waals surface area contributed by atoms with Crippen molar-refractivity contribution in [1.82, 2.24) is 0 Å². The predicted octanol–water partition coefficient (Wildman–Crippen LogP) is 3.36. The van der Waals surface area contributed by atoms with Gasteiger partial charge >= 0.3 is 0 Å². The van der Waals surface area contributed by atoms with Crippen molar-refractivity contribution in [2.75, 3.05) is 6.61 Å². The summed E-state index contributed by atoms with van der Waals surface area (Å²) in [5.74, 6) is 1.72. The molecule has 3 heterocycles. The van der Waals surface area contributed by atoms with Gasteiger partial charge in [-0.15, -0.1) is 11.3 Å². The molecular weight excluding hydrogens is 206 g/mol. The van der Waals surface area contributed by atoms with Gasteiger partial charge in [0.1, 0.15) is 5.75 Å². The molecule has 0 bridgehead atoms. The molecule has 0 aromatic carbocycles. The Kier molecular flexibility index (Phi) is 2.33. The molecule has 0 N–H and O–H groups in total. The number of hydrogen-bond acceptors (Lipinski definition) is 3. The summed E-state index contributed by atoms with van der Waals surface area (Å²) in [4.78, 5) is 5.79. The SMILES string of the molecule is C1=NC(CC2CCOc3ccsc32)=CC1. The molecule has 3 rings (SSSR count). The van der Waals surface area contributed by atoms with E-state index >= 15 is 0 Å². The molecule has 2 aliphatic rings. The van der Waals surface area contributed by atoms with Gasteiger partial charge in [0.2, 0.25) is 0 Å². The summed E-state index contributed by atoms with van der Waals surface area (Å²) in [5.41, 5.74) is 1.25. The molecule has 0 amide bonds. The van der Waals surface area contributed by atoms with E-state index in [1.807, 2.05) is 17.6 Å². The summed E-state index contributed by atoms with van der Waals surface area (Å²) in [7, 11) is 0. The molecule has 1 aromatic heterocycles. The van der Waals surface area contributed by atoms with E-state index in [1.165, 1.54) is 10.6 Å². The Morgan fingerprint density at radius 3 is 3.40 bits per heavy atom. The van der Waals surface area contributed by atoms with E-state index in [-0.39, 0.29) is 0 Å². The first-order valence-corrected chi connectivity index (χ1v) is 6.23. The van der Waals surface area contributed by atoms with Crippen LogP contribution >= 0.6 is 11.3 Å². The lowest BCUT2D eigenvalue weighted by atomic mass is 9.96. The van der Waals surface area contributed by atoms with Gasteiger partial charge in [-0.3, -0.25) is 4.99 Å². The summed E-state index contributed by atoms with van der Waals surface area (Å²) < 4.78 is 5.61. The van der Waals surface area contributed by atoms with E-state index in [0.29, 0.717) is 5.92 Å². The molecule has 0 saturated carbocycles. The van der Waals surface area contributed by atoms with Crippen molar-refractivity contribution >= 4 is 17.6 Å². The van der Waals surface area contributed by atoms with Crippen LogP contribution in [0.4, 0.5) is 0 Å². The smallest absolute Gasteiger partial charge is 0.133 e. The normalized spacial score (nSPS) is 23.5. The van der Waals surface area contributed by atoms with E-state index in [0.717, 1.165) is 31.6 Å². The zero-order chi connectivity index (χ0) is 10.1. The molecular formula is C12H13NOS. The molecule has 0 fully saturated rings. The standard InChI is InChI=1S/C12H13NOS/c1-2-10(13-5-1)8-9-3-6-14-11-4-7-15-12(9)11/h2,4-5,7,9H,1,3,6,8H2. The van der Waals surface area contributed by atoms with Crippen LogP contribution in [0, 0.1) is 0 Å². The van der Waals surface area contributed by atoms with Gasteiger partial charge in [0.15, 0.2) is 0 Å². The number of aliphatic imine (C=N–C) groups is 1. The molecule has 1 unspecified atom stereocenters. The fraction of sp³-hybridized carbons (Fsp3) is 0.417. The first kappa shape index (κ1) is 9.16. The third kappa shape index (κ3) is 1.72. The van der Waals surface area contributed by atoms with Crippen LogP contribution in [0.1, 0.15) is 30.1 Å². The Balaban J connectivity index is 1.81. The van der Waals surface area contributed by atoms with Crippen LogP contribution in [-0.2, 0) is 0 Å². The zero-order valence-electron chi connectivity index (χ0n) is 8.48. The largest absolute Gasteiger partial charge is 0.492 e. The Morgan fingerprint density at radius 2 is 2.53 bits per heavy atom. The highest BCUT2D eigenvalue weighted by molar-refractivity contribution is 7.10. The van der Waals surface area contributed by atoms with E-state index in [9.17, 15) is 0 Å². The second-order valence-electron chi connectivity index (χ2n) is 3.93. The van der Waals surface area contributed by atoms with Crippen molar-refractivity contribution < 1.29 is 4.74 Å². The number of thiophene rings is 1. The third-order valence-corrected chi connectivity index (χ3v) is 3.98. The van der Waals surface area contributed by atoms with Crippen LogP contribution in [-0.4, -0.2) is 12.8 Å². The highest BCUT2D eigenvalue weighted by Crippen LogP contribution is 2.41. The Hall–Kier alpha value is -1.09. The number of hydrogen-bond donors (Lipinski definition) is 0. The lowest BCUT2D eigenvalue weighted by Crippen LogP contribution is -2.12. The van der Waals surface area contributed by atoms with Gasteiger partial charge in [-0.25, -0.2) is 0 Å². The van der Waals surface area contributed by atoms with Crippen molar-refractivity contribution in [3.8, 4) is 5.75 Å². The molecule has 1 aromatic rings. The van der Waals surface area contributed by atoms with Gasteiger partial charge in [0.25, 0.3) is 0 Å². The monoisotopic (exact) mass is 219 g/mol. The molecule has 0 spiro atoms. The summed E-state index contributed by atoms with van der Waals surface area (Å²) in [6, 6.07) is 2.08. The van der Waals surface area contributed by atoms with Gasteiger partial charge in [-0.1, -0.05) is 6.08 Å². The second kappa shape index (κ2) is 3.81. The maximum atomic E-state index is 5.61. The molecule has 0 saturated heterocycles. The highest BCUT2D eigenvalue weighted by Gasteiger charge is 2.23. The quantitative estimate of drug-likeness (QED) is 0.747. The van der Waals surface area contributed by atoms with Gasteiger partial charge in [0.05, 0.1) is 11.5 Å². The first-order valence-electron chi connectivity index (χ1n) is 5.35. The summed E-state index contributed by atoms with van der Waals surface area (Å²) in [6.45, 7) is 0.853. The molecule has 15 heavy (non-hydrogen) atoms. The third-order valence-electron chi connectivity index (χ3n) is 2.92. The van der Waals surface area contributed by atoms with Crippen LogP contribution in [0.25, 0.3) is 0 Å². The maximum absolute atomic E-state index is 5.61. The van der Waals surface area contributed by atoms with Crippen molar-refractivity contribution in [2.45, 2.75) is 25.2 Å². The second-order valence-corrected chi connectivity index (χ2v) is 4.88.